The van der Waals surface area contributed by atoms with Crippen molar-refractivity contribution in [2.75, 3.05) is 12.3 Å². The van der Waals surface area contributed by atoms with Crippen LogP contribution in [0, 0.1) is 0 Å². The third-order valence-electron chi connectivity index (χ3n) is 3.00. The highest BCUT2D eigenvalue weighted by Gasteiger charge is 2.11. The Bertz CT molecular complexity index is 819. The molecule has 0 aliphatic carbocycles. The second-order valence-electron chi connectivity index (χ2n) is 4.31. The number of hydrogen-bond acceptors (Lipinski definition) is 4. The summed E-state index contributed by atoms with van der Waals surface area (Å²) in [6.45, 7) is 2.50. The number of hydrogen-bond donors (Lipinski definition) is 2. The van der Waals surface area contributed by atoms with Gasteiger partial charge < -0.3 is 10.5 Å². The van der Waals surface area contributed by atoms with E-state index in [0.29, 0.717) is 12.3 Å². The molecule has 0 saturated carbocycles. The van der Waals surface area contributed by atoms with Crippen LogP contribution in [0.5, 0.6) is 5.75 Å². The molecule has 0 spiro atoms. The number of nitrogens with one attached hydrogen (secondary N) is 1. The van der Waals surface area contributed by atoms with E-state index in [2.05, 4.69) is 10.1 Å². The smallest absolute Gasteiger partial charge is 0.295 e. The molecule has 3 N–H and O–H groups in total. The third kappa shape index (κ3) is 1.91. The number of rotatable bonds is 3. The van der Waals surface area contributed by atoms with E-state index in [0.717, 1.165) is 17.0 Å². The van der Waals surface area contributed by atoms with Crippen molar-refractivity contribution in [1.29, 1.82) is 0 Å². The third-order valence-corrected chi connectivity index (χ3v) is 3.00. The van der Waals surface area contributed by atoms with Crippen molar-refractivity contribution in [3.8, 4) is 17.0 Å². The summed E-state index contributed by atoms with van der Waals surface area (Å²) < 4.78 is 6.92. The van der Waals surface area contributed by atoms with Crippen LogP contribution in [0.4, 0.5) is 5.69 Å². The molecule has 3 rings (SSSR count). The molecule has 0 bridgehead atoms. The van der Waals surface area contributed by atoms with Crippen molar-refractivity contribution >= 4 is 11.3 Å². The first-order valence-electron chi connectivity index (χ1n) is 6.29. The number of H-pyrrole nitrogens is 1. The zero-order valence-corrected chi connectivity index (χ0v) is 11.0. The van der Waals surface area contributed by atoms with E-state index in [9.17, 15) is 4.79 Å². The number of nitrogen functional groups attached to an aromatic ring is 1. The van der Waals surface area contributed by atoms with Crippen LogP contribution in [-0.2, 0) is 0 Å². The van der Waals surface area contributed by atoms with Crippen molar-refractivity contribution < 1.29 is 4.74 Å². The number of aromatic amines is 1. The molecule has 2 heterocycles. The number of para-hydroxylation sites is 1. The van der Waals surface area contributed by atoms with E-state index in [-0.39, 0.29) is 11.2 Å². The standard InChI is InChI=1S/C14H14N4O2/c1-2-20-12-6-4-3-5-9(12)11-7-13-16-8-10(15)14(19)18(13)17-11/h3-8,17H,2,15H2,1H3. The Morgan fingerprint density at radius 3 is 3.00 bits per heavy atom. The first kappa shape index (κ1) is 12.3. The molecule has 3 aromatic rings. The minimum Gasteiger partial charge on any atom is -0.493 e. The maximum atomic E-state index is 11.9. The number of nitrogens with two attached hydrogens (primary N) is 1. The zero-order chi connectivity index (χ0) is 14.1. The van der Waals surface area contributed by atoms with Gasteiger partial charge in [-0.05, 0) is 19.1 Å². The quantitative estimate of drug-likeness (QED) is 0.758. The SMILES string of the molecule is CCOc1ccccc1-c1cc2ncc(N)c(=O)n2[nH]1. The summed E-state index contributed by atoms with van der Waals surface area (Å²) in [5.74, 6) is 0.752. The van der Waals surface area contributed by atoms with Crippen molar-refractivity contribution in [3.05, 3.63) is 46.9 Å². The van der Waals surface area contributed by atoms with Crippen LogP contribution in [0.3, 0.4) is 0 Å². The molecule has 0 radical (unpaired) electrons. The molecule has 6 nitrogen and oxygen atoms in total. The summed E-state index contributed by atoms with van der Waals surface area (Å²) in [6, 6.07) is 9.41. The average molecular weight is 270 g/mol. The first-order valence-corrected chi connectivity index (χ1v) is 6.29. The summed E-state index contributed by atoms with van der Waals surface area (Å²) in [6.07, 6.45) is 1.36. The van der Waals surface area contributed by atoms with E-state index in [1.807, 2.05) is 31.2 Å². The predicted molar refractivity (Wildman–Crippen MR) is 76.8 cm³/mol. The molecule has 2 aromatic heterocycles. The summed E-state index contributed by atoms with van der Waals surface area (Å²) in [5.41, 5.74) is 7.51. The average Bonchev–Trinajstić information content (AvgIpc) is 2.89. The Labute approximate surface area is 114 Å². The Morgan fingerprint density at radius 2 is 2.20 bits per heavy atom. The van der Waals surface area contributed by atoms with Crippen molar-refractivity contribution in [3.63, 3.8) is 0 Å². The molecular weight excluding hydrogens is 256 g/mol. The van der Waals surface area contributed by atoms with Crippen molar-refractivity contribution in [1.82, 2.24) is 14.6 Å². The Kier molecular flexibility index (Phi) is 2.90. The molecule has 0 aliphatic heterocycles. The Hall–Kier alpha value is -2.76. The lowest BCUT2D eigenvalue weighted by molar-refractivity contribution is 0.341. The zero-order valence-electron chi connectivity index (χ0n) is 11.0. The Morgan fingerprint density at radius 1 is 1.40 bits per heavy atom. The molecule has 1 aromatic carbocycles. The summed E-state index contributed by atoms with van der Waals surface area (Å²) in [5, 5.41) is 3.00. The number of ether oxygens (including phenoxy) is 1. The number of fused-ring (bicyclic) bond motifs is 1. The van der Waals surface area contributed by atoms with Crippen molar-refractivity contribution in [2.24, 2.45) is 0 Å². The van der Waals surface area contributed by atoms with E-state index in [4.69, 9.17) is 10.5 Å². The second kappa shape index (κ2) is 4.73. The van der Waals surface area contributed by atoms with Gasteiger partial charge in [-0.2, -0.15) is 4.52 Å². The highest BCUT2D eigenvalue weighted by molar-refractivity contribution is 5.70. The molecule has 6 heteroatoms. The van der Waals surface area contributed by atoms with Gasteiger partial charge in [-0.1, -0.05) is 12.1 Å². The predicted octanol–water partition coefficient (Wildman–Crippen LogP) is 1.67. The van der Waals surface area contributed by atoms with Crippen LogP contribution in [0.2, 0.25) is 0 Å². The van der Waals surface area contributed by atoms with E-state index in [1.54, 1.807) is 6.07 Å². The minimum atomic E-state index is -0.310. The number of nitrogens with zero attached hydrogens (tertiary/aromatic N) is 2. The van der Waals surface area contributed by atoms with Crippen LogP contribution in [-0.4, -0.2) is 21.2 Å². The monoisotopic (exact) mass is 270 g/mol. The van der Waals surface area contributed by atoms with Gasteiger partial charge in [0.15, 0.2) is 5.65 Å². The molecule has 0 atom stereocenters. The van der Waals surface area contributed by atoms with Crippen LogP contribution >= 0.6 is 0 Å². The summed E-state index contributed by atoms with van der Waals surface area (Å²) in [4.78, 5) is 16.0. The van der Waals surface area contributed by atoms with Gasteiger partial charge in [-0.3, -0.25) is 9.89 Å². The first-order chi connectivity index (χ1) is 9.70. The summed E-state index contributed by atoms with van der Waals surface area (Å²) in [7, 11) is 0. The van der Waals surface area contributed by atoms with Crippen LogP contribution < -0.4 is 16.0 Å². The molecule has 0 aliphatic rings. The van der Waals surface area contributed by atoms with Crippen LogP contribution in [0.15, 0.2) is 41.3 Å². The fourth-order valence-electron chi connectivity index (χ4n) is 2.08. The Balaban J connectivity index is 2.21. The lowest BCUT2D eigenvalue weighted by atomic mass is 10.1. The minimum absolute atomic E-state index is 0.106. The normalized spacial score (nSPS) is 10.8. The van der Waals surface area contributed by atoms with Gasteiger partial charge in [-0.15, -0.1) is 0 Å². The molecular formula is C14H14N4O2. The van der Waals surface area contributed by atoms with Gasteiger partial charge in [0.2, 0.25) is 0 Å². The molecule has 0 unspecified atom stereocenters. The van der Waals surface area contributed by atoms with Crippen molar-refractivity contribution in [2.45, 2.75) is 6.92 Å². The van der Waals surface area contributed by atoms with Gasteiger partial charge in [0, 0.05) is 11.6 Å². The molecule has 20 heavy (non-hydrogen) atoms. The topological polar surface area (TPSA) is 85.4 Å². The summed E-state index contributed by atoms with van der Waals surface area (Å²) >= 11 is 0. The number of anilines is 1. The molecule has 102 valence electrons. The van der Waals surface area contributed by atoms with Gasteiger partial charge in [0.05, 0.1) is 18.5 Å². The molecule has 0 amide bonds. The number of aromatic nitrogens is 3. The van der Waals surface area contributed by atoms with Gasteiger partial charge in [-0.25, -0.2) is 4.98 Å². The maximum absolute atomic E-state index is 11.9. The molecule has 0 fully saturated rings. The van der Waals surface area contributed by atoms with E-state index < -0.39 is 0 Å². The fourth-order valence-corrected chi connectivity index (χ4v) is 2.08. The second-order valence-corrected chi connectivity index (χ2v) is 4.31. The van der Waals surface area contributed by atoms with Crippen LogP contribution in [0.25, 0.3) is 16.9 Å². The van der Waals surface area contributed by atoms with Gasteiger partial charge >= 0.3 is 0 Å². The van der Waals surface area contributed by atoms with Gasteiger partial charge in [0.25, 0.3) is 5.56 Å². The highest BCUT2D eigenvalue weighted by Crippen LogP contribution is 2.28. The van der Waals surface area contributed by atoms with E-state index >= 15 is 0 Å². The molecule has 0 saturated heterocycles. The lowest BCUT2D eigenvalue weighted by Crippen LogP contribution is -2.18. The lowest BCUT2D eigenvalue weighted by Gasteiger charge is -2.07. The van der Waals surface area contributed by atoms with E-state index in [1.165, 1.54) is 10.7 Å². The fraction of sp³-hybridized carbons (Fsp3) is 0.143. The largest absolute Gasteiger partial charge is 0.493 e. The highest BCUT2D eigenvalue weighted by atomic mass is 16.5. The van der Waals surface area contributed by atoms with Gasteiger partial charge in [0.1, 0.15) is 11.4 Å². The van der Waals surface area contributed by atoms with Crippen LogP contribution in [0.1, 0.15) is 6.92 Å². The maximum Gasteiger partial charge on any atom is 0.295 e. The number of benzene rings is 1.